The quantitative estimate of drug-likeness (QED) is 0.228. The maximum absolute atomic E-state index is 13.7. The molecule has 5 aromatic rings. The highest BCUT2D eigenvalue weighted by atomic mass is 35.5. The fourth-order valence-corrected chi connectivity index (χ4v) is 5.40. The minimum Gasteiger partial charge on any atom is -0.497 e. The highest BCUT2D eigenvalue weighted by molar-refractivity contribution is 6.34. The number of benzene rings is 3. The van der Waals surface area contributed by atoms with Gasteiger partial charge in [-0.3, -0.25) is 9.20 Å². The van der Waals surface area contributed by atoms with E-state index in [0.717, 1.165) is 17.7 Å². The first-order valence-corrected chi connectivity index (χ1v) is 13.5. The lowest BCUT2D eigenvalue weighted by Gasteiger charge is -2.24. The Morgan fingerprint density at radius 3 is 2.70 bits per heavy atom. The third-order valence-electron chi connectivity index (χ3n) is 7.49. The van der Waals surface area contributed by atoms with Crippen molar-refractivity contribution in [2.75, 3.05) is 33.2 Å². The van der Waals surface area contributed by atoms with E-state index in [2.05, 4.69) is 10.3 Å². The number of nitrogens with one attached hydrogen (secondary N) is 1. The summed E-state index contributed by atoms with van der Waals surface area (Å²) in [4.78, 5) is 24.1. The molecule has 0 bridgehead atoms. The number of hydrogen-bond donors (Lipinski definition) is 1. The summed E-state index contributed by atoms with van der Waals surface area (Å²) < 4.78 is 57.6. The molecule has 1 aliphatic heterocycles. The molecule has 0 radical (unpaired) electrons. The van der Waals surface area contributed by atoms with Crippen molar-refractivity contribution in [1.82, 2.24) is 19.3 Å². The Balaban J connectivity index is 1.30. The molecule has 43 heavy (non-hydrogen) atoms. The Kier molecular flexibility index (Phi) is 7.17. The number of anilines is 1. The number of halogens is 4. The van der Waals surface area contributed by atoms with Gasteiger partial charge in [-0.15, -0.1) is 0 Å². The third kappa shape index (κ3) is 5.11. The number of likely N-dealkylation sites (N-methyl/N-ethyl adjacent to an activating group) is 1. The Hall–Kier alpha value is -4.71. The average Bonchev–Trinajstić information content (AvgIpc) is 3.66. The van der Waals surface area contributed by atoms with Gasteiger partial charge in [-0.2, -0.15) is 13.2 Å². The van der Waals surface area contributed by atoms with Gasteiger partial charge < -0.3 is 24.4 Å². The van der Waals surface area contributed by atoms with Crippen LogP contribution in [0.1, 0.15) is 33.1 Å². The van der Waals surface area contributed by atoms with E-state index in [1.807, 2.05) is 12.1 Å². The largest absolute Gasteiger partial charge is 0.497 e. The van der Waals surface area contributed by atoms with E-state index < -0.39 is 23.7 Å². The molecule has 1 N–H and O–H groups in total. The molecule has 0 fully saturated rings. The molecule has 1 atom stereocenters. The van der Waals surface area contributed by atoms with Gasteiger partial charge in [-0.1, -0.05) is 17.7 Å². The van der Waals surface area contributed by atoms with Gasteiger partial charge in [0.15, 0.2) is 5.82 Å². The van der Waals surface area contributed by atoms with Gasteiger partial charge in [0.25, 0.3) is 5.91 Å². The number of nitrogens with zero attached hydrogens (tertiary/aromatic N) is 4. The summed E-state index contributed by atoms with van der Waals surface area (Å²) in [6, 6.07) is 11.5. The number of ether oxygens (including phenoxy) is 3. The predicted octanol–water partition coefficient (Wildman–Crippen LogP) is 6.39. The predicted molar refractivity (Wildman–Crippen MR) is 154 cm³/mol. The van der Waals surface area contributed by atoms with E-state index in [1.165, 1.54) is 11.0 Å². The summed E-state index contributed by atoms with van der Waals surface area (Å²) in [6.45, 7) is 0.419. The average molecular weight is 612 g/mol. The number of rotatable bonds is 7. The van der Waals surface area contributed by atoms with Crippen molar-refractivity contribution in [2.24, 2.45) is 0 Å². The molecular formula is C30H25ClF3N5O4. The van der Waals surface area contributed by atoms with Crippen molar-refractivity contribution in [1.29, 1.82) is 0 Å². The lowest BCUT2D eigenvalue weighted by atomic mass is 10.0. The van der Waals surface area contributed by atoms with Crippen LogP contribution in [0.3, 0.4) is 0 Å². The summed E-state index contributed by atoms with van der Waals surface area (Å²) in [5.41, 5.74) is 2.56. The Morgan fingerprint density at radius 2 is 1.95 bits per heavy atom. The number of imidazole rings is 1. The van der Waals surface area contributed by atoms with E-state index >= 15 is 0 Å². The lowest BCUT2D eigenvalue weighted by Crippen LogP contribution is -2.32. The second kappa shape index (κ2) is 10.8. The molecule has 0 saturated carbocycles. The van der Waals surface area contributed by atoms with Crippen molar-refractivity contribution >= 4 is 39.9 Å². The molecule has 0 unspecified atom stereocenters. The van der Waals surface area contributed by atoms with Crippen molar-refractivity contribution in [3.63, 3.8) is 0 Å². The molecule has 9 nitrogen and oxygen atoms in total. The standard InChI is InChI=1S/C30H25ClF3N5O4/c1-38(25-14-43-27-8-17(30(32,33)34)5-7-19(25)27)29(40)20-10-23-22(11-21(20)31)37-28(24-13-35-15-39(23)24)36-12-16-4-6-18(41-2)9-26(16)42-3/h4-11,13,15,25H,12,14H2,1-3H3,(H,36,37)/t25-/m1/s1. The van der Waals surface area contributed by atoms with E-state index in [-0.39, 0.29) is 22.9 Å². The molecule has 1 aliphatic rings. The first-order chi connectivity index (χ1) is 20.6. The van der Waals surface area contributed by atoms with Crippen LogP contribution in [0.5, 0.6) is 17.2 Å². The normalized spacial score (nSPS) is 14.4. The van der Waals surface area contributed by atoms with Gasteiger partial charge in [-0.25, -0.2) is 9.97 Å². The van der Waals surface area contributed by atoms with Crippen molar-refractivity contribution in [3.8, 4) is 17.2 Å². The van der Waals surface area contributed by atoms with Gasteiger partial charge in [0, 0.05) is 30.8 Å². The molecule has 6 rings (SSSR count). The number of aromatic nitrogens is 3. The van der Waals surface area contributed by atoms with Gasteiger partial charge >= 0.3 is 6.18 Å². The summed E-state index contributed by atoms with van der Waals surface area (Å²) in [7, 11) is 4.74. The molecule has 1 amide bonds. The first kappa shape index (κ1) is 28.4. The minimum absolute atomic E-state index is 0.0193. The number of alkyl halides is 3. The Labute approximate surface area is 248 Å². The molecule has 3 heterocycles. The molecule has 3 aromatic carbocycles. The van der Waals surface area contributed by atoms with Crippen LogP contribution in [0.2, 0.25) is 5.02 Å². The Bertz CT molecular complexity index is 1880. The van der Waals surface area contributed by atoms with Crippen molar-refractivity contribution < 1.29 is 32.2 Å². The molecule has 2 aromatic heterocycles. The highest BCUT2D eigenvalue weighted by Gasteiger charge is 2.36. The van der Waals surface area contributed by atoms with Gasteiger partial charge in [0.2, 0.25) is 0 Å². The lowest BCUT2D eigenvalue weighted by molar-refractivity contribution is -0.137. The minimum atomic E-state index is -4.50. The number of amides is 1. The number of methoxy groups -OCH3 is 2. The molecule has 0 saturated heterocycles. The fourth-order valence-electron chi connectivity index (χ4n) is 5.17. The van der Waals surface area contributed by atoms with Gasteiger partial charge in [0.1, 0.15) is 29.4 Å². The molecule has 0 aliphatic carbocycles. The van der Waals surface area contributed by atoms with Crippen LogP contribution >= 0.6 is 11.6 Å². The maximum Gasteiger partial charge on any atom is 0.416 e. The van der Waals surface area contributed by atoms with Crippen molar-refractivity contribution in [2.45, 2.75) is 18.8 Å². The smallest absolute Gasteiger partial charge is 0.416 e. The van der Waals surface area contributed by atoms with Crippen LogP contribution < -0.4 is 19.5 Å². The second-order valence-electron chi connectivity index (χ2n) is 9.95. The van der Waals surface area contributed by atoms with Crippen LogP contribution in [-0.2, 0) is 12.7 Å². The Morgan fingerprint density at radius 1 is 1.14 bits per heavy atom. The van der Waals surface area contributed by atoms with E-state index in [9.17, 15) is 18.0 Å². The highest BCUT2D eigenvalue weighted by Crippen LogP contribution is 2.41. The zero-order valence-corrected chi connectivity index (χ0v) is 24.0. The summed E-state index contributed by atoms with van der Waals surface area (Å²) >= 11 is 6.62. The van der Waals surface area contributed by atoms with E-state index in [4.69, 9.17) is 30.8 Å². The van der Waals surface area contributed by atoms with Crippen LogP contribution in [0, 0.1) is 0 Å². The molecule has 0 spiro atoms. The third-order valence-corrected chi connectivity index (χ3v) is 7.81. The monoisotopic (exact) mass is 611 g/mol. The summed E-state index contributed by atoms with van der Waals surface area (Å²) in [5.74, 6) is 1.56. The van der Waals surface area contributed by atoms with Crippen LogP contribution in [0.4, 0.5) is 19.0 Å². The molecule has 13 heteroatoms. The number of fused-ring (bicyclic) bond motifs is 4. The van der Waals surface area contributed by atoms with Gasteiger partial charge in [-0.05, 0) is 36.4 Å². The van der Waals surface area contributed by atoms with Gasteiger partial charge in [0.05, 0.1) is 60.0 Å². The summed E-state index contributed by atoms with van der Waals surface area (Å²) in [5, 5.41) is 3.51. The number of hydrogen-bond acceptors (Lipinski definition) is 7. The maximum atomic E-state index is 13.7. The van der Waals surface area contributed by atoms with Crippen LogP contribution in [0.25, 0.3) is 16.6 Å². The van der Waals surface area contributed by atoms with E-state index in [0.29, 0.717) is 46.0 Å². The second-order valence-corrected chi connectivity index (χ2v) is 10.4. The first-order valence-electron chi connectivity index (χ1n) is 13.1. The van der Waals surface area contributed by atoms with Crippen molar-refractivity contribution in [3.05, 3.63) is 88.3 Å². The topological polar surface area (TPSA) is 90.2 Å². The summed E-state index contributed by atoms with van der Waals surface area (Å²) in [6.07, 6.45) is -1.23. The zero-order valence-electron chi connectivity index (χ0n) is 23.2. The van der Waals surface area contributed by atoms with Crippen LogP contribution in [0.15, 0.2) is 61.1 Å². The molecule has 222 valence electrons. The fraction of sp³-hybridized carbons (Fsp3) is 0.233. The van der Waals surface area contributed by atoms with E-state index in [1.54, 1.807) is 56.4 Å². The zero-order chi connectivity index (χ0) is 30.5. The number of carbonyl (C=O) groups is 1. The SMILES string of the molecule is COc1ccc(CNc2nc3cc(Cl)c(C(=O)N(C)[C@@H]4COc5cc(C(F)(F)F)ccc54)cc3n3cncc23)c(OC)c1. The van der Waals surface area contributed by atoms with Crippen LogP contribution in [-0.4, -0.2) is 53.0 Å². The number of carbonyl (C=O) groups excluding carboxylic acids is 1. The molecular weight excluding hydrogens is 587 g/mol.